The first kappa shape index (κ1) is 17.3. The zero-order valence-corrected chi connectivity index (χ0v) is 13.9. The molecule has 118 valence electrons. The second-order valence-electron chi connectivity index (χ2n) is 7.30. The van der Waals surface area contributed by atoms with E-state index in [0.29, 0.717) is 11.2 Å². The molecule has 0 saturated heterocycles. The molecular weight excluding hydrogens is 266 g/mol. The first-order chi connectivity index (χ1) is 9.55. The molecular formula is C16H27N3O2. The number of carbonyl (C=O) groups is 1. The van der Waals surface area contributed by atoms with Gasteiger partial charge in [0.2, 0.25) is 0 Å². The van der Waals surface area contributed by atoms with Gasteiger partial charge in [0.15, 0.2) is 0 Å². The maximum atomic E-state index is 11.6. The number of hydrogen-bond donors (Lipinski definition) is 2. The van der Waals surface area contributed by atoms with E-state index < -0.39 is 11.7 Å². The summed E-state index contributed by atoms with van der Waals surface area (Å²) in [4.78, 5) is 15.8. The van der Waals surface area contributed by atoms with Crippen LogP contribution in [0, 0.1) is 5.41 Å². The average Bonchev–Trinajstić information content (AvgIpc) is 2.27. The van der Waals surface area contributed by atoms with Crippen molar-refractivity contribution in [2.45, 2.75) is 53.6 Å². The summed E-state index contributed by atoms with van der Waals surface area (Å²) in [6, 6.07) is 3.64. The lowest BCUT2D eigenvalue weighted by molar-refractivity contribution is 0.0635. The number of amides is 1. The van der Waals surface area contributed by atoms with Gasteiger partial charge in [0.05, 0.1) is 11.9 Å². The van der Waals surface area contributed by atoms with Crippen molar-refractivity contribution in [2.24, 2.45) is 5.41 Å². The first-order valence-electron chi connectivity index (χ1n) is 7.25. The van der Waals surface area contributed by atoms with Crippen LogP contribution in [-0.4, -0.2) is 23.2 Å². The van der Waals surface area contributed by atoms with Crippen LogP contribution in [0.15, 0.2) is 18.3 Å². The highest BCUT2D eigenvalue weighted by molar-refractivity contribution is 5.83. The van der Waals surface area contributed by atoms with Crippen molar-refractivity contribution in [3.05, 3.63) is 18.3 Å². The molecule has 0 aliphatic heterocycles. The number of anilines is 2. The van der Waals surface area contributed by atoms with Crippen molar-refractivity contribution in [1.29, 1.82) is 0 Å². The number of carbonyl (C=O) groups excluding carboxylic acids is 1. The number of nitrogens with one attached hydrogen (secondary N) is 2. The molecule has 0 fully saturated rings. The van der Waals surface area contributed by atoms with Crippen LogP contribution in [0.2, 0.25) is 0 Å². The molecule has 1 heterocycles. The molecule has 21 heavy (non-hydrogen) atoms. The van der Waals surface area contributed by atoms with Crippen LogP contribution in [0.3, 0.4) is 0 Å². The van der Waals surface area contributed by atoms with Gasteiger partial charge in [-0.3, -0.25) is 5.32 Å². The van der Waals surface area contributed by atoms with E-state index >= 15 is 0 Å². The zero-order valence-electron chi connectivity index (χ0n) is 13.9. The Bertz CT molecular complexity index is 456. The smallest absolute Gasteiger partial charge is 0.413 e. The monoisotopic (exact) mass is 293 g/mol. The predicted octanol–water partition coefficient (Wildman–Crippen LogP) is 4.28. The van der Waals surface area contributed by atoms with Gasteiger partial charge in [-0.05, 0) is 44.7 Å². The molecule has 1 rings (SSSR count). The highest BCUT2D eigenvalue weighted by Crippen LogP contribution is 2.19. The van der Waals surface area contributed by atoms with Crippen LogP contribution in [0.25, 0.3) is 0 Å². The molecule has 0 unspecified atom stereocenters. The highest BCUT2D eigenvalue weighted by atomic mass is 16.6. The lowest BCUT2D eigenvalue weighted by Gasteiger charge is -2.19. The van der Waals surface area contributed by atoms with Crippen LogP contribution >= 0.6 is 0 Å². The van der Waals surface area contributed by atoms with E-state index in [1.54, 1.807) is 12.3 Å². The minimum Gasteiger partial charge on any atom is -0.444 e. The SMILES string of the molecule is CC(C)(C)CCNc1ccc(NC(=O)OC(C)(C)C)nc1. The summed E-state index contributed by atoms with van der Waals surface area (Å²) in [6.45, 7) is 13.0. The standard InChI is InChI=1S/C16H27N3O2/c1-15(2,3)9-10-17-12-7-8-13(18-11-12)19-14(20)21-16(4,5)6/h7-8,11,17H,9-10H2,1-6H3,(H,18,19,20). The van der Waals surface area contributed by atoms with Gasteiger partial charge in [-0.1, -0.05) is 20.8 Å². The molecule has 0 atom stereocenters. The molecule has 0 bridgehead atoms. The number of hydrogen-bond acceptors (Lipinski definition) is 4. The zero-order chi connectivity index (χ0) is 16.1. The van der Waals surface area contributed by atoms with Crippen molar-refractivity contribution in [3.63, 3.8) is 0 Å². The van der Waals surface area contributed by atoms with Gasteiger partial charge in [0, 0.05) is 6.54 Å². The third-order valence-corrected chi connectivity index (χ3v) is 2.60. The second kappa shape index (κ2) is 6.78. The Morgan fingerprint density at radius 2 is 1.86 bits per heavy atom. The van der Waals surface area contributed by atoms with Crippen LogP contribution in [0.5, 0.6) is 0 Å². The molecule has 1 amide bonds. The Kier molecular flexibility index (Phi) is 5.58. The highest BCUT2D eigenvalue weighted by Gasteiger charge is 2.16. The van der Waals surface area contributed by atoms with E-state index in [2.05, 4.69) is 36.4 Å². The maximum absolute atomic E-state index is 11.6. The molecule has 0 aliphatic carbocycles. The van der Waals surface area contributed by atoms with E-state index in [9.17, 15) is 4.79 Å². The Labute approximate surface area is 127 Å². The molecule has 1 aromatic heterocycles. The molecule has 0 spiro atoms. The van der Waals surface area contributed by atoms with Gasteiger partial charge in [-0.15, -0.1) is 0 Å². The van der Waals surface area contributed by atoms with Gasteiger partial charge < -0.3 is 10.1 Å². The van der Waals surface area contributed by atoms with Crippen molar-refractivity contribution in [2.75, 3.05) is 17.2 Å². The largest absolute Gasteiger partial charge is 0.444 e. The van der Waals surface area contributed by atoms with E-state index in [-0.39, 0.29) is 0 Å². The van der Waals surface area contributed by atoms with Crippen molar-refractivity contribution in [3.8, 4) is 0 Å². The van der Waals surface area contributed by atoms with Gasteiger partial charge in [0.25, 0.3) is 0 Å². The van der Waals surface area contributed by atoms with E-state index in [1.807, 2.05) is 26.8 Å². The lowest BCUT2D eigenvalue weighted by Crippen LogP contribution is -2.27. The number of aromatic nitrogens is 1. The third-order valence-electron chi connectivity index (χ3n) is 2.60. The Morgan fingerprint density at radius 1 is 1.19 bits per heavy atom. The molecule has 0 radical (unpaired) electrons. The van der Waals surface area contributed by atoms with Crippen LogP contribution in [0.4, 0.5) is 16.3 Å². The van der Waals surface area contributed by atoms with Gasteiger partial charge >= 0.3 is 6.09 Å². The van der Waals surface area contributed by atoms with Gasteiger partial charge in [-0.2, -0.15) is 0 Å². The molecule has 5 nitrogen and oxygen atoms in total. The molecule has 0 saturated carbocycles. The Morgan fingerprint density at radius 3 is 2.33 bits per heavy atom. The Hall–Kier alpha value is -1.78. The summed E-state index contributed by atoms with van der Waals surface area (Å²) in [5.41, 5.74) is 0.728. The minimum atomic E-state index is -0.515. The van der Waals surface area contributed by atoms with E-state index in [1.165, 1.54) is 0 Å². The molecule has 2 N–H and O–H groups in total. The minimum absolute atomic E-state index is 0.304. The number of pyridine rings is 1. The van der Waals surface area contributed by atoms with E-state index in [0.717, 1.165) is 18.7 Å². The van der Waals surface area contributed by atoms with Crippen LogP contribution in [0.1, 0.15) is 48.0 Å². The van der Waals surface area contributed by atoms with Crippen molar-refractivity contribution < 1.29 is 9.53 Å². The fourth-order valence-electron chi connectivity index (χ4n) is 1.56. The summed E-state index contributed by atoms with van der Waals surface area (Å²) in [5.74, 6) is 0.477. The Balaban J connectivity index is 2.45. The topological polar surface area (TPSA) is 63.2 Å². The average molecular weight is 293 g/mol. The lowest BCUT2D eigenvalue weighted by atomic mass is 9.92. The van der Waals surface area contributed by atoms with Crippen LogP contribution in [-0.2, 0) is 4.74 Å². The normalized spacial score (nSPS) is 11.9. The summed E-state index contributed by atoms with van der Waals surface area (Å²) in [7, 11) is 0. The third kappa shape index (κ3) is 8.17. The predicted molar refractivity (Wildman–Crippen MR) is 86.7 cm³/mol. The fourth-order valence-corrected chi connectivity index (χ4v) is 1.56. The number of rotatable bonds is 4. The van der Waals surface area contributed by atoms with Crippen LogP contribution < -0.4 is 10.6 Å². The summed E-state index contributed by atoms with van der Waals surface area (Å²) >= 11 is 0. The quantitative estimate of drug-likeness (QED) is 0.870. The van der Waals surface area contributed by atoms with E-state index in [4.69, 9.17) is 4.74 Å². The summed E-state index contributed by atoms with van der Waals surface area (Å²) < 4.78 is 5.17. The molecule has 0 aliphatic rings. The summed E-state index contributed by atoms with van der Waals surface area (Å²) in [6.07, 6.45) is 2.28. The maximum Gasteiger partial charge on any atom is 0.413 e. The number of nitrogens with zero attached hydrogens (tertiary/aromatic N) is 1. The molecule has 5 heteroatoms. The molecule has 1 aromatic rings. The van der Waals surface area contributed by atoms with Gasteiger partial charge in [0.1, 0.15) is 11.4 Å². The van der Waals surface area contributed by atoms with Gasteiger partial charge in [-0.25, -0.2) is 9.78 Å². The first-order valence-corrected chi connectivity index (χ1v) is 7.25. The van der Waals surface area contributed by atoms with Crippen molar-refractivity contribution >= 4 is 17.6 Å². The van der Waals surface area contributed by atoms with Crippen molar-refractivity contribution in [1.82, 2.24) is 4.98 Å². The second-order valence-corrected chi connectivity index (χ2v) is 7.30. The fraction of sp³-hybridized carbons (Fsp3) is 0.625. The molecule has 0 aromatic carbocycles. The summed E-state index contributed by atoms with van der Waals surface area (Å²) in [5, 5.41) is 5.92. The number of ether oxygens (including phenoxy) is 1.